The van der Waals surface area contributed by atoms with Crippen molar-refractivity contribution in [3.05, 3.63) is 28.8 Å². The van der Waals surface area contributed by atoms with Crippen molar-refractivity contribution in [3.8, 4) is 0 Å². The maximum atomic E-state index is 12.4. The highest BCUT2D eigenvalue weighted by Crippen LogP contribution is 2.35. The molecule has 0 aliphatic heterocycles. The van der Waals surface area contributed by atoms with Gasteiger partial charge in [0.15, 0.2) is 0 Å². The average Bonchev–Trinajstić information content (AvgIpc) is 2.27. The minimum Gasteiger partial charge on any atom is -0.302 e. The summed E-state index contributed by atoms with van der Waals surface area (Å²) in [7, 11) is 0. The molecule has 3 nitrogen and oxygen atoms in total. The molecule has 0 saturated carbocycles. The van der Waals surface area contributed by atoms with Gasteiger partial charge in [-0.3, -0.25) is 0 Å². The van der Waals surface area contributed by atoms with Crippen molar-refractivity contribution in [1.29, 1.82) is 0 Å². The minimum atomic E-state index is -4.47. The smallest absolute Gasteiger partial charge is 0.302 e. The van der Waals surface area contributed by atoms with Gasteiger partial charge in [0.2, 0.25) is 0 Å². The van der Waals surface area contributed by atoms with E-state index in [-0.39, 0.29) is 10.7 Å². The minimum absolute atomic E-state index is 0.125. The molecule has 1 N–H and O–H groups in total. The van der Waals surface area contributed by atoms with Gasteiger partial charge in [0.1, 0.15) is 6.29 Å². The van der Waals surface area contributed by atoms with E-state index >= 15 is 0 Å². The van der Waals surface area contributed by atoms with E-state index in [0.717, 1.165) is 22.7 Å². The Morgan fingerprint density at radius 2 is 2.06 bits per heavy atom. The molecule has 1 aromatic rings. The summed E-state index contributed by atoms with van der Waals surface area (Å²) in [4.78, 5) is 10.4. The molecule has 0 bridgehead atoms. The predicted molar refractivity (Wildman–Crippen MR) is 63.4 cm³/mol. The van der Waals surface area contributed by atoms with Crippen molar-refractivity contribution < 1.29 is 18.0 Å². The number of hydrogen-bond donors (Lipinski definition) is 1. The number of alkyl halides is 3. The second-order valence-electron chi connectivity index (χ2n) is 3.50. The lowest BCUT2D eigenvalue weighted by Gasteiger charge is -2.20. The Bertz CT molecular complexity index is 440. The summed E-state index contributed by atoms with van der Waals surface area (Å²) in [5.41, 5.74) is 1.76. The Kier molecular flexibility index (Phi) is 4.84. The molecule has 0 saturated heterocycles. The fraction of sp³-hybridized carbons (Fsp3) is 0.300. The Balaban J connectivity index is 2.95. The first kappa shape index (κ1) is 15.1. The van der Waals surface area contributed by atoms with Crippen molar-refractivity contribution in [2.24, 2.45) is 0 Å². The van der Waals surface area contributed by atoms with E-state index in [1.54, 1.807) is 0 Å². The van der Waals surface area contributed by atoms with Crippen molar-refractivity contribution in [2.75, 3.05) is 4.53 Å². The van der Waals surface area contributed by atoms with Crippen LogP contribution in [0.4, 0.5) is 18.9 Å². The molecule has 0 spiro atoms. The number of benzene rings is 1. The van der Waals surface area contributed by atoms with Crippen molar-refractivity contribution in [2.45, 2.75) is 19.1 Å². The Morgan fingerprint density at radius 1 is 1.44 bits per heavy atom. The number of anilines is 1. The normalized spacial score (nSPS) is 13.2. The van der Waals surface area contributed by atoms with Gasteiger partial charge in [-0.15, -0.1) is 0 Å². The second-order valence-corrected chi connectivity index (χ2v) is 4.24. The number of carbonyl (C=O) groups excluding carboxylic acids is 1. The summed E-state index contributed by atoms with van der Waals surface area (Å²) in [6.45, 7) is 1.53. The summed E-state index contributed by atoms with van der Waals surface area (Å²) in [6, 6.07) is 2.13. The van der Waals surface area contributed by atoms with Crippen molar-refractivity contribution >= 4 is 35.4 Å². The van der Waals surface area contributed by atoms with Gasteiger partial charge in [-0.2, -0.15) is 13.2 Å². The van der Waals surface area contributed by atoms with Gasteiger partial charge in [-0.1, -0.05) is 11.6 Å². The lowest BCUT2D eigenvalue weighted by Crippen LogP contribution is -2.38. The molecule has 8 heteroatoms. The molecule has 0 aliphatic carbocycles. The summed E-state index contributed by atoms with van der Waals surface area (Å²) < 4.78 is 38.1. The van der Waals surface area contributed by atoms with Crippen LogP contribution in [0.1, 0.15) is 12.5 Å². The van der Waals surface area contributed by atoms with Crippen LogP contribution in [-0.4, -0.2) is 12.3 Å². The molecule has 1 unspecified atom stereocenters. The third-order valence-corrected chi connectivity index (χ3v) is 2.59. The van der Waals surface area contributed by atoms with Crippen molar-refractivity contribution in [3.63, 3.8) is 0 Å². The van der Waals surface area contributed by atoms with Crippen LogP contribution in [0, 0.1) is 0 Å². The topological polar surface area (TPSA) is 32.3 Å². The quantitative estimate of drug-likeness (QED) is 0.525. The Hall–Kier alpha value is -0.980. The van der Waals surface area contributed by atoms with Crippen LogP contribution in [0.15, 0.2) is 18.2 Å². The van der Waals surface area contributed by atoms with Crippen LogP contribution in [0.5, 0.6) is 0 Å². The van der Waals surface area contributed by atoms with Crippen LogP contribution in [-0.2, 0) is 11.0 Å². The zero-order valence-electron chi connectivity index (χ0n) is 9.13. The molecular formula is C10H9Cl2F3N2O. The number of aldehydes is 1. The summed E-state index contributed by atoms with van der Waals surface area (Å²) in [6.07, 6.45) is -3.88. The molecule has 1 aromatic carbocycles. The molecule has 0 amide bonds. The van der Waals surface area contributed by atoms with E-state index in [2.05, 4.69) is 5.43 Å². The largest absolute Gasteiger partial charge is 0.416 e. The zero-order chi connectivity index (χ0) is 13.9. The number of carbonyl (C=O) groups is 1. The summed E-state index contributed by atoms with van der Waals surface area (Å²) >= 11 is 11.5. The number of hydrazine groups is 1. The Labute approximate surface area is 112 Å². The molecular weight excluding hydrogens is 292 g/mol. The first-order valence-electron chi connectivity index (χ1n) is 4.80. The average molecular weight is 301 g/mol. The van der Waals surface area contributed by atoms with Gasteiger partial charge in [0, 0.05) is 11.8 Å². The Morgan fingerprint density at radius 3 is 2.50 bits per heavy atom. The van der Waals surface area contributed by atoms with E-state index in [1.165, 1.54) is 6.92 Å². The second kappa shape index (κ2) is 5.77. The van der Waals surface area contributed by atoms with E-state index in [4.69, 9.17) is 23.4 Å². The predicted octanol–water partition coefficient (Wildman–Crippen LogP) is 3.41. The maximum Gasteiger partial charge on any atom is 0.416 e. The highest BCUT2D eigenvalue weighted by atomic mass is 35.5. The molecule has 0 radical (unpaired) electrons. The fourth-order valence-corrected chi connectivity index (χ4v) is 1.73. The fourth-order valence-electron chi connectivity index (χ4n) is 1.12. The monoisotopic (exact) mass is 300 g/mol. The van der Waals surface area contributed by atoms with Crippen LogP contribution in [0.2, 0.25) is 5.02 Å². The summed E-state index contributed by atoms with van der Waals surface area (Å²) in [5, 5.41) is -0.176. The van der Waals surface area contributed by atoms with Crippen LogP contribution >= 0.6 is 23.4 Å². The highest BCUT2D eigenvalue weighted by molar-refractivity contribution is 6.36. The molecule has 1 atom stereocenters. The molecule has 1 rings (SSSR count). The van der Waals surface area contributed by atoms with Crippen LogP contribution in [0.3, 0.4) is 0 Å². The van der Waals surface area contributed by atoms with Gasteiger partial charge in [-0.25, -0.2) is 9.95 Å². The van der Waals surface area contributed by atoms with E-state index in [0.29, 0.717) is 6.29 Å². The van der Waals surface area contributed by atoms with Gasteiger partial charge in [0.05, 0.1) is 22.3 Å². The van der Waals surface area contributed by atoms with Gasteiger partial charge in [-0.05, 0) is 25.1 Å². The number of hydrogen-bond acceptors (Lipinski definition) is 3. The SMILES string of the molecule is CC(C=O)NN(Cl)c1ccc(C(F)(F)F)cc1Cl. The van der Waals surface area contributed by atoms with Crippen LogP contribution in [0.25, 0.3) is 0 Å². The molecule has 18 heavy (non-hydrogen) atoms. The molecule has 0 heterocycles. The first-order valence-corrected chi connectivity index (χ1v) is 5.51. The number of halogens is 5. The van der Waals surface area contributed by atoms with E-state index in [1.807, 2.05) is 0 Å². The highest BCUT2D eigenvalue weighted by Gasteiger charge is 2.31. The van der Waals surface area contributed by atoms with Gasteiger partial charge in [0.25, 0.3) is 0 Å². The standard InChI is InChI=1S/C10H9Cl2F3N2O/c1-6(5-18)16-17(12)9-3-2-7(4-8(9)11)10(13,14)15/h2-6,16H,1H3. The van der Waals surface area contributed by atoms with Gasteiger partial charge < -0.3 is 4.79 Å². The zero-order valence-corrected chi connectivity index (χ0v) is 10.6. The summed E-state index contributed by atoms with van der Waals surface area (Å²) in [5.74, 6) is 0. The third-order valence-electron chi connectivity index (χ3n) is 2.01. The first-order chi connectivity index (χ1) is 8.25. The van der Waals surface area contributed by atoms with Crippen molar-refractivity contribution in [1.82, 2.24) is 5.43 Å². The number of rotatable bonds is 4. The molecule has 0 fully saturated rings. The lowest BCUT2D eigenvalue weighted by atomic mass is 10.2. The lowest BCUT2D eigenvalue weighted by molar-refractivity contribution is -0.137. The molecule has 0 aromatic heterocycles. The molecule has 100 valence electrons. The van der Waals surface area contributed by atoms with E-state index in [9.17, 15) is 18.0 Å². The molecule has 0 aliphatic rings. The maximum absolute atomic E-state index is 12.4. The number of nitrogens with zero attached hydrogens (tertiary/aromatic N) is 1. The van der Waals surface area contributed by atoms with E-state index < -0.39 is 17.8 Å². The van der Waals surface area contributed by atoms with Crippen LogP contribution < -0.4 is 9.95 Å². The third kappa shape index (κ3) is 3.76. The number of nitrogens with one attached hydrogen (secondary N) is 1. The van der Waals surface area contributed by atoms with Gasteiger partial charge >= 0.3 is 6.18 Å².